The Balaban J connectivity index is 1.72. The lowest BCUT2D eigenvalue weighted by atomic mass is 9.92. The Labute approximate surface area is 157 Å². The highest BCUT2D eigenvalue weighted by atomic mass is 19.1. The number of aromatic hydroxyl groups is 1. The molecule has 0 radical (unpaired) electrons. The number of phenols is 1. The van der Waals surface area contributed by atoms with Crippen LogP contribution in [0.3, 0.4) is 0 Å². The van der Waals surface area contributed by atoms with Crippen LogP contribution in [-0.4, -0.2) is 21.8 Å². The minimum absolute atomic E-state index is 0.180. The smallest absolute Gasteiger partial charge is 0.165 e. The monoisotopic (exact) mass is 364 g/mol. The van der Waals surface area contributed by atoms with Crippen molar-refractivity contribution in [2.24, 2.45) is 11.0 Å². The average Bonchev–Trinajstić information content (AvgIpc) is 3.33. The summed E-state index contributed by atoms with van der Waals surface area (Å²) in [5.74, 6) is 0.243. The number of hydrogen-bond donors (Lipinski definition) is 1. The molecule has 2 aliphatic rings. The largest absolute Gasteiger partial charge is 0.505 e. The SMILES string of the molecule is Cc1nc(N2N=C(c3ccc(O)c(F)c3)CC2C2CCCC2)ccc1C#N. The summed E-state index contributed by atoms with van der Waals surface area (Å²) in [6.45, 7) is 1.82. The molecule has 1 atom stereocenters. The minimum Gasteiger partial charge on any atom is -0.505 e. The first-order chi connectivity index (χ1) is 13.1. The number of nitrogens with zero attached hydrogens (tertiary/aromatic N) is 4. The zero-order valence-electron chi connectivity index (χ0n) is 15.2. The second kappa shape index (κ2) is 6.99. The number of benzene rings is 1. The zero-order chi connectivity index (χ0) is 19.0. The van der Waals surface area contributed by atoms with Gasteiger partial charge in [-0.3, -0.25) is 0 Å². The third-order valence-corrected chi connectivity index (χ3v) is 5.60. The van der Waals surface area contributed by atoms with E-state index in [9.17, 15) is 9.50 Å². The molecule has 2 heterocycles. The topological polar surface area (TPSA) is 72.5 Å². The molecule has 1 aliphatic heterocycles. The van der Waals surface area contributed by atoms with E-state index < -0.39 is 5.82 Å². The standard InChI is InChI=1S/C21H21FN4O/c1-13-16(12-23)7-9-21(24-13)26-19(14-4-2-3-5-14)11-18(25-26)15-6-8-20(27)17(22)10-15/h6-10,14,19,27H,2-5,11H2,1H3. The van der Waals surface area contributed by atoms with Gasteiger partial charge in [-0.1, -0.05) is 12.8 Å². The summed E-state index contributed by atoms with van der Waals surface area (Å²) in [7, 11) is 0. The van der Waals surface area contributed by atoms with Crippen molar-refractivity contribution in [2.45, 2.75) is 45.1 Å². The second-order valence-corrected chi connectivity index (χ2v) is 7.29. The fourth-order valence-corrected chi connectivity index (χ4v) is 4.11. The van der Waals surface area contributed by atoms with E-state index in [-0.39, 0.29) is 11.8 Å². The lowest BCUT2D eigenvalue weighted by Gasteiger charge is -2.27. The summed E-state index contributed by atoms with van der Waals surface area (Å²) in [4.78, 5) is 4.59. The quantitative estimate of drug-likeness (QED) is 0.882. The van der Waals surface area contributed by atoms with Gasteiger partial charge in [-0.05, 0) is 56.0 Å². The molecule has 1 saturated carbocycles. The van der Waals surface area contributed by atoms with E-state index in [4.69, 9.17) is 10.4 Å². The van der Waals surface area contributed by atoms with Gasteiger partial charge in [0.15, 0.2) is 11.6 Å². The van der Waals surface area contributed by atoms with Crippen LogP contribution in [0.15, 0.2) is 35.4 Å². The van der Waals surface area contributed by atoms with Gasteiger partial charge in [0.1, 0.15) is 11.9 Å². The number of halogens is 1. The summed E-state index contributed by atoms with van der Waals surface area (Å²) >= 11 is 0. The van der Waals surface area contributed by atoms with Crippen LogP contribution in [0.25, 0.3) is 0 Å². The Bertz CT molecular complexity index is 944. The molecule has 1 aromatic carbocycles. The Hall–Kier alpha value is -2.94. The first-order valence-electron chi connectivity index (χ1n) is 9.30. The highest BCUT2D eigenvalue weighted by molar-refractivity contribution is 6.03. The Morgan fingerprint density at radius 2 is 2.00 bits per heavy atom. The highest BCUT2D eigenvalue weighted by Gasteiger charge is 2.36. The highest BCUT2D eigenvalue weighted by Crippen LogP contribution is 2.38. The van der Waals surface area contributed by atoms with Crippen LogP contribution < -0.4 is 5.01 Å². The predicted octanol–water partition coefficient (Wildman–Crippen LogP) is 4.28. The van der Waals surface area contributed by atoms with Crippen molar-refractivity contribution in [3.8, 4) is 11.8 Å². The molecule has 0 amide bonds. The van der Waals surface area contributed by atoms with Crippen LogP contribution in [0.2, 0.25) is 0 Å². The zero-order valence-corrected chi connectivity index (χ0v) is 15.2. The number of anilines is 1. The average molecular weight is 364 g/mol. The maximum atomic E-state index is 13.8. The van der Waals surface area contributed by atoms with Gasteiger partial charge < -0.3 is 5.11 Å². The van der Waals surface area contributed by atoms with Crippen molar-refractivity contribution < 1.29 is 9.50 Å². The van der Waals surface area contributed by atoms with E-state index in [1.807, 2.05) is 18.0 Å². The molecule has 27 heavy (non-hydrogen) atoms. The Kier molecular flexibility index (Phi) is 4.53. The molecule has 138 valence electrons. The number of nitriles is 1. The van der Waals surface area contributed by atoms with Crippen LogP contribution in [0.4, 0.5) is 10.2 Å². The first kappa shape index (κ1) is 17.5. The van der Waals surface area contributed by atoms with Gasteiger partial charge in [0.2, 0.25) is 0 Å². The lowest BCUT2D eigenvalue weighted by Crippen LogP contribution is -2.33. The summed E-state index contributed by atoms with van der Waals surface area (Å²) in [6.07, 6.45) is 5.47. The molecule has 4 rings (SSSR count). The molecule has 1 N–H and O–H groups in total. The minimum atomic E-state index is -0.640. The lowest BCUT2D eigenvalue weighted by molar-refractivity contribution is 0.428. The molecule has 1 aliphatic carbocycles. The number of hydrogen-bond acceptors (Lipinski definition) is 5. The van der Waals surface area contributed by atoms with Crippen molar-refractivity contribution in [3.05, 3.63) is 53.0 Å². The van der Waals surface area contributed by atoms with Crippen molar-refractivity contribution in [1.82, 2.24) is 4.98 Å². The normalized spacial score (nSPS) is 20.0. The number of phenolic OH excluding ortho intramolecular Hbond substituents is 1. The van der Waals surface area contributed by atoms with Crippen LogP contribution in [0.5, 0.6) is 5.75 Å². The molecule has 1 unspecified atom stereocenters. The van der Waals surface area contributed by atoms with E-state index in [0.29, 0.717) is 22.7 Å². The fourth-order valence-electron chi connectivity index (χ4n) is 4.11. The van der Waals surface area contributed by atoms with Crippen LogP contribution >= 0.6 is 0 Å². The number of hydrazone groups is 1. The molecular weight excluding hydrogens is 343 g/mol. The van der Waals surface area contributed by atoms with Gasteiger partial charge in [0.25, 0.3) is 0 Å². The van der Waals surface area contributed by atoms with Crippen LogP contribution in [0.1, 0.15) is 48.9 Å². The predicted molar refractivity (Wildman–Crippen MR) is 101 cm³/mol. The van der Waals surface area contributed by atoms with Gasteiger partial charge in [-0.2, -0.15) is 10.4 Å². The Morgan fingerprint density at radius 3 is 2.67 bits per heavy atom. The van der Waals surface area contributed by atoms with E-state index in [1.54, 1.807) is 12.1 Å². The molecule has 0 saturated heterocycles. The van der Waals surface area contributed by atoms with Crippen molar-refractivity contribution in [2.75, 3.05) is 5.01 Å². The number of rotatable bonds is 3. The number of aryl methyl sites for hydroxylation is 1. The van der Waals surface area contributed by atoms with Gasteiger partial charge in [-0.15, -0.1) is 0 Å². The maximum absolute atomic E-state index is 13.8. The summed E-state index contributed by atoms with van der Waals surface area (Å²) in [6, 6.07) is 10.3. The van der Waals surface area contributed by atoms with E-state index in [1.165, 1.54) is 25.0 Å². The molecule has 5 nitrogen and oxygen atoms in total. The van der Waals surface area contributed by atoms with E-state index in [0.717, 1.165) is 30.8 Å². The first-order valence-corrected chi connectivity index (χ1v) is 9.30. The fraction of sp³-hybridized carbons (Fsp3) is 0.381. The summed E-state index contributed by atoms with van der Waals surface area (Å²) in [5.41, 5.74) is 2.72. The molecule has 0 spiro atoms. The third-order valence-electron chi connectivity index (χ3n) is 5.60. The van der Waals surface area contributed by atoms with Crippen LogP contribution in [-0.2, 0) is 0 Å². The summed E-state index contributed by atoms with van der Waals surface area (Å²) in [5, 5.41) is 25.3. The molecule has 1 aromatic heterocycles. The molecule has 0 bridgehead atoms. The maximum Gasteiger partial charge on any atom is 0.165 e. The van der Waals surface area contributed by atoms with Gasteiger partial charge in [0, 0.05) is 12.0 Å². The van der Waals surface area contributed by atoms with Crippen molar-refractivity contribution in [1.29, 1.82) is 5.26 Å². The third kappa shape index (κ3) is 3.25. The summed E-state index contributed by atoms with van der Waals surface area (Å²) < 4.78 is 13.8. The molecule has 6 heteroatoms. The van der Waals surface area contributed by atoms with E-state index in [2.05, 4.69) is 11.1 Å². The van der Waals surface area contributed by atoms with Gasteiger partial charge >= 0.3 is 0 Å². The molecular formula is C21H21FN4O. The van der Waals surface area contributed by atoms with Crippen molar-refractivity contribution in [3.63, 3.8) is 0 Å². The number of pyridine rings is 1. The number of aromatic nitrogens is 1. The second-order valence-electron chi connectivity index (χ2n) is 7.29. The van der Waals surface area contributed by atoms with Gasteiger partial charge in [0.05, 0.1) is 23.0 Å². The van der Waals surface area contributed by atoms with E-state index >= 15 is 0 Å². The molecule has 1 fully saturated rings. The Morgan fingerprint density at radius 1 is 1.22 bits per heavy atom. The van der Waals surface area contributed by atoms with Gasteiger partial charge in [-0.25, -0.2) is 14.4 Å². The van der Waals surface area contributed by atoms with Crippen molar-refractivity contribution >= 4 is 11.5 Å². The molecule has 2 aromatic rings. The van der Waals surface area contributed by atoms with Crippen LogP contribution in [0, 0.1) is 30.0 Å².